The van der Waals surface area contributed by atoms with Crippen LogP contribution in [0.3, 0.4) is 0 Å². The third-order valence-electron chi connectivity index (χ3n) is 2.37. The third kappa shape index (κ3) is 2.41. The fourth-order valence-corrected chi connectivity index (χ4v) is 1.43. The average molecular weight is 232 g/mol. The molecule has 1 aromatic heterocycles. The molecule has 2 aromatic rings. The monoisotopic (exact) mass is 232 g/mol. The molecule has 1 aromatic carbocycles. The largest absolute Gasteiger partial charge is 0.358 e. The second-order valence-electron chi connectivity index (χ2n) is 3.49. The number of hydrogen-bond acceptors (Lipinski definition) is 3. The Hall–Kier alpha value is -2.37. The first-order valence-electron chi connectivity index (χ1n) is 5.12. The molecule has 0 unspecified atom stereocenters. The van der Waals surface area contributed by atoms with E-state index in [0.29, 0.717) is 5.56 Å². The van der Waals surface area contributed by atoms with Crippen LogP contribution >= 0.6 is 0 Å². The number of carbonyl (C=O) groups is 2. The zero-order valence-electron chi connectivity index (χ0n) is 9.28. The summed E-state index contributed by atoms with van der Waals surface area (Å²) in [6.45, 7) is -0.0314. The highest BCUT2D eigenvalue weighted by Crippen LogP contribution is 2.11. The van der Waals surface area contributed by atoms with Crippen molar-refractivity contribution < 1.29 is 9.59 Å². The van der Waals surface area contributed by atoms with Crippen LogP contribution in [0, 0.1) is 0 Å². The Morgan fingerprint density at radius 2 is 2.24 bits per heavy atom. The Morgan fingerprint density at radius 3 is 3.00 bits per heavy atom. The molecular weight excluding hydrogens is 220 g/mol. The molecule has 0 aliphatic rings. The predicted molar refractivity (Wildman–Crippen MR) is 62.5 cm³/mol. The van der Waals surface area contributed by atoms with Crippen LogP contribution in [0.4, 0.5) is 0 Å². The lowest BCUT2D eigenvalue weighted by Gasteiger charge is -2.04. The van der Waals surface area contributed by atoms with Crippen molar-refractivity contribution in [3.63, 3.8) is 0 Å². The molecule has 0 radical (unpaired) electrons. The number of likely N-dealkylation sites (N-methyl/N-ethyl adjacent to an activating group) is 1. The molecular formula is C11H12N4O2. The molecule has 0 spiro atoms. The van der Waals surface area contributed by atoms with Crippen LogP contribution in [0.15, 0.2) is 24.5 Å². The number of rotatable bonds is 3. The van der Waals surface area contributed by atoms with Gasteiger partial charge in [0.15, 0.2) is 0 Å². The SMILES string of the molecule is CNC(=O)CNC(=O)c1ccc2nc[nH]c2c1. The van der Waals surface area contributed by atoms with Gasteiger partial charge in [0.25, 0.3) is 5.91 Å². The fraction of sp³-hybridized carbons (Fsp3) is 0.182. The molecule has 6 heteroatoms. The van der Waals surface area contributed by atoms with E-state index in [2.05, 4.69) is 20.6 Å². The maximum Gasteiger partial charge on any atom is 0.251 e. The Kier molecular flexibility index (Phi) is 3.04. The van der Waals surface area contributed by atoms with Gasteiger partial charge in [0.05, 0.1) is 23.9 Å². The topological polar surface area (TPSA) is 86.9 Å². The quantitative estimate of drug-likeness (QED) is 0.698. The molecule has 0 saturated carbocycles. The molecule has 6 nitrogen and oxygen atoms in total. The third-order valence-corrected chi connectivity index (χ3v) is 2.37. The zero-order chi connectivity index (χ0) is 12.3. The molecule has 0 bridgehead atoms. The lowest BCUT2D eigenvalue weighted by molar-refractivity contribution is -0.119. The molecule has 2 rings (SSSR count). The molecule has 2 amide bonds. The summed E-state index contributed by atoms with van der Waals surface area (Å²) in [5.74, 6) is -0.522. The van der Waals surface area contributed by atoms with Crippen molar-refractivity contribution in [2.24, 2.45) is 0 Å². The number of carbonyl (C=O) groups excluding carboxylic acids is 2. The first-order chi connectivity index (χ1) is 8.20. The van der Waals surface area contributed by atoms with Crippen molar-refractivity contribution in [3.05, 3.63) is 30.1 Å². The first kappa shape index (κ1) is 11.1. The van der Waals surface area contributed by atoms with E-state index in [1.807, 2.05) is 0 Å². The van der Waals surface area contributed by atoms with Gasteiger partial charge in [-0.1, -0.05) is 0 Å². The van der Waals surface area contributed by atoms with Crippen LogP contribution in [0.2, 0.25) is 0 Å². The fourth-order valence-electron chi connectivity index (χ4n) is 1.43. The molecule has 0 aliphatic heterocycles. The van der Waals surface area contributed by atoms with Crippen LogP contribution in [0.25, 0.3) is 11.0 Å². The first-order valence-corrected chi connectivity index (χ1v) is 5.12. The Bertz CT molecular complexity index is 561. The van der Waals surface area contributed by atoms with E-state index in [0.717, 1.165) is 11.0 Å². The maximum absolute atomic E-state index is 11.7. The second-order valence-corrected chi connectivity index (χ2v) is 3.49. The van der Waals surface area contributed by atoms with Gasteiger partial charge in [0.2, 0.25) is 5.91 Å². The number of nitrogens with one attached hydrogen (secondary N) is 3. The molecule has 17 heavy (non-hydrogen) atoms. The molecule has 0 atom stereocenters. The Labute approximate surface area is 97.4 Å². The average Bonchev–Trinajstić information content (AvgIpc) is 2.82. The number of amides is 2. The summed E-state index contributed by atoms with van der Waals surface area (Å²) in [6.07, 6.45) is 1.57. The van der Waals surface area contributed by atoms with E-state index in [4.69, 9.17) is 0 Å². The predicted octanol–water partition coefficient (Wildman–Crippen LogP) is 0.0387. The second kappa shape index (κ2) is 4.65. The number of aromatic nitrogens is 2. The van der Waals surface area contributed by atoms with Gasteiger partial charge in [-0.05, 0) is 18.2 Å². The Morgan fingerprint density at radius 1 is 1.41 bits per heavy atom. The summed E-state index contributed by atoms with van der Waals surface area (Å²) >= 11 is 0. The van der Waals surface area contributed by atoms with Crippen LogP contribution in [0.5, 0.6) is 0 Å². The molecule has 0 fully saturated rings. The van der Waals surface area contributed by atoms with E-state index >= 15 is 0 Å². The summed E-state index contributed by atoms with van der Waals surface area (Å²) in [4.78, 5) is 29.7. The minimum Gasteiger partial charge on any atom is -0.358 e. The highest BCUT2D eigenvalue weighted by molar-refractivity contribution is 5.98. The normalized spacial score (nSPS) is 10.2. The summed E-state index contributed by atoms with van der Waals surface area (Å²) in [5.41, 5.74) is 2.08. The minimum atomic E-state index is -0.287. The summed E-state index contributed by atoms with van der Waals surface area (Å²) < 4.78 is 0. The van der Waals surface area contributed by atoms with Gasteiger partial charge in [-0.2, -0.15) is 0 Å². The van der Waals surface area contributed by atoms with E-state index in [1.165, 1.54) is 7.05 Å². The molecule has 1 heterocycles. The number of aromatic amines is 1. The van der Waals surface area contributed by atoms with Gasteiger partial charge in [0.1, 0.15) is 0 Å². The molecule has 0 aliphatic carbocycles. The van der Waals surface area contributed by atoms with Crippen LogP contribution in [-0.4, -0.2) is 35.4 Å². The smallest absolute Gasteiger partial charge is 0.251 e. The summed E-state index contributed by atoms with van der Waals surface area (Å²) in [6, 6.07) is 5.12. The standard InChI is InChI=1S/C11H12N4O2/c1-12-10(16)5-13-11(17)7-2-3-8-9(4-7)15-6-14-8/h2-4,6H,5H2,1H3,(H,12,16)(H,13,17)(H,14,15). The minimum absolute atomic E-state index is 0.0314. The number of hydrogen-bond donors (Lipinski definition) is 3. The van der Waals surface area contributed by atoms with Crippen molar-refractivity contribution in [2.75, 3.05) is 13.6 Å². The van der Waals surface area contributed by atoms with Crippen molar-refractivity contribution in [1.29, 1.82) is 0 Å². The number of H-pyrrole nitrogens is 1. The lowest BCUT2D eigenvalue weighted by atomic mass is 10.2. The van der Waals surface area contributed by atoms with Gasteiger partial charge in [-0.25, -0.2) is 4.98 Å². The van der Waals surface area contributed by atoms with E-state index in [9.17, 15) is 9.59 Å². The number of fused-ring (bicyclic) bond motifs is 1. The summed E-state index contributed by atoms with van der Waals surface area (Å²) in [7, 11) is 1.52. The van der Waals surface area contributed by atoms with Crippen LogP contribution < -0.4 is 10.6 Å². The van der Waals surface area contributed by atoms with E-state index in [-0.39, 0.29) is 18.4 Å². The van der Waals surface area contributed by atoms with E-state index < -0.39 is 0 Å². The highest BCUT2D eigenvalue weighted by atomic mass is 16.2. The highest BCUT2D eigenvalue weighted by Gasteiger charge is 2.08. The Balaban J connectivity index is 2.10. The van der Waals surface area contributed by atoms with Crippen LogP contribution in [-0.2, 0) is 4.79 Å². The maximum atomic E-state index is 11.7. The van der Waals surface area contributed by atoms with E-state index in [1.54, 1.807) is 24.5 Å². The van der Waals surface area contributed by atoms with Crippen molar-refractivity contribution >= 4 is 22.8 Å². The number of nitrogens with zero attached hydrogens (tertiary/aromatic N) is 1. The van der Waals surface area contributed by atoms with Gasteiger partial charge >= 0.3 is 0 Å². The van der Waals surface area contributed by atoms with Crippen molar-refractivity contribution in [3.8, 4) is 0 Å². The van der Waals surface area contributed by atoms with Crippen LogP contribution in [0.1, 0.15) is 10.4 Å². The molecule has 3 N–H and O–H groups in total. The number of imidazole rings is 1. The zero-order valence-corrected chi connectivity index (χ0v) is 9.28. The lowest BCUT2D eigenvalue weighted by Crippen LogP contribution is -2.35. The van der Waals surface area contributed by atoms with Gasteiger partial charge < -0.3 is 15.6 Å². The van der Waals surface area contributed by atoms with Gasteiger partial charge in [-0.15, -0.1) is 0 Å². The van der Waals surface area contributed by atoms with Crippen molar-refractivity contribution in [1.82, 2.24) is 20.6 Å². The molecule has 0 saturated heterocycles. The van der Waals surface area contributed by atoms with Crippen molar-refractivity contribution in [2.45, 2.75) is 0 Å². The summed E-state index contributed by atoms with van der Waals surface area (Å²) in [5, 5.41) is 4.95. The molecule has 88 valence electrons. The van der Waals surface area contributed by atoms with Gasteiger partial charge in [0, 0.05) is 12.6 Å². The number of benzene rings is 1. The van der Waals surface area contributed by atoms with Gasteiger partial charge in [-0.3, -0.25) is 9.59 Å².